The van der Waals surface area contributed by atoms with E-state index in [1.54, 1.807) is 7.11 Å². The quantitative estimate of drug-likeness (QED) is 0.831. The molecule has 2 atom stereocenters. The molecule has 2 unspecified atom stereocenters. The second-order valence-corrected chi connectivity index (χ2v) is 6.07. The Kier molecular flexibility index (Phi) is 5.06. The van der Waals surface area contributed by atoms with Gasteiger partial charge in [-0.25, -0.2) is 0 Å². The maximum atomic E-state index is 5.76. The fourth-order valence-corrected chi connectivity index (χ4v) is 3.01. The minimum Gasteiger partial charge on any atom is -0.496 e. The molecule has 1 saturated carbocycles. The van der Waals surface area contributed by atoms with Crippen LogP contribution < -0.4 is 10.1 Å². The van der Waals surface area contributed by atoms with E-state index >= 15 is 0 Å². The molecule has 3 heteroatoms. The lowest BCUT2D eigenvalue weighted by Gasteiger charge is -2.52. The maximum absolute atomic E-state index is 5.76. The van der Waals surface area contributed by atoms with Crippen molar-refractivity contribution in [3.8, 4) is 5.75 Å². The molecule has 1 aromatic rings. The maximum Gasteiger partial charge on any atom is 0.122 e. The Morgan fingerprint density at radius 3 is 2.70 bits per heavy atom. The topological polar surface area (TPSA) is 30.5 Å². The van der Waals surface area contributed by atoms with Crippen molar-refractivity contribution in [1.82, 2.24) is 5.32 Å². The molecule has 1 fully saturated rings. The third-order valence-corrected chi connectivity index (χ3v) is 4.52. The minimum absolute atomic E-state index is 0.233. The van der Waals surface area contributed by atoms with Crippen LogP contribution in [0, 0.1) is 5.41 Å². The van der Waals surface area contributed by atoms with Crippen LogP contribution in [0.2, 0.25) is 0 Å². The molecule has 112 valence electrons. The fraction of sp³-hybridized carbons (Fsp3) is 0.647. The summed E-state index contributed by atoms with van der Waals surface area (Å²) >= 11 is 0. The first-order chi connectivity index (χ1) is 9.59. The van der Waals surface area contributed by atoms with E-state index in [-0.39, 0.29) is 5.41 Å². The summed E-state index contributed by atoms with van der Waals surface area (Å²) in [4.78, 5) is 0. The average Bonchev–Trinajstić information content (AvgIpc) is 2.46. The first-order valence-corrected chi connectivity index (χ1v) is 7.56. The summed E-state index contributed by atoms with van der Waals surface area (Å²) in [6.45, 7) is 8.43. The van der Waals surface area contributed by atoms with Crippen molar-refractivity contribution in [3.05, 3.63) is 29.8 Å². The molecule has 0 radical (unpaired) electrons. The summed E-state index contributed by atoms with van der Waals surface area (Å²) in [6, 6.07) is 8.78. The van der Waals surface area contributed by atoms with Gasteiger partial charge in [0, 0.05) is 18.1 Å². The van der Waals surface area contributed by atoms with E-state index in [0.717, 1.165) is 31.7 Å². The van der Waals surface area contributed by atoms with Crippen molar-refractivity contribution in [2.45, 2.75) is 45.8 Å². The van der Waals surface area contributed by atoms with Gasteiger partial charge in [0.1, 0.15) is 5.75 Å². The van der Waals surface area contributed by atoms with Crippen LogP contribution in [0.1, 0.15) is 32.8 Å². The first-order valence-electron chi connectivity index (χ1n) is 7.56. The molecule has 1 aliphatic rings. The Balaban J connectivity index is 1.80. The molecule has 0 aromatic heterocycles. The molecule has 1 aliphatic carbocycles. The molecule has 0 spiro atoms. The number of hydrogen-bond acceptors (Lipinski definition) is 3. The van der Waals surface area contributed by atoms with Gasteiger partial charge in [0.15, 0.2) is 0 Å². The Bertz CT molecular complexity index is 431. The third kappa shape index (κ3) is 3.15. The summed E-state index contributed by atoms with van der Waals surface area (Å²) in [5.74, 6) is 0.981. The van der Waals surface area contributed by atoms with E-state index in [0.29, 0.717) is 12.1 Å². The summed E-state index contributed by atoms with van der Waals surface area (Å²) in [7, 11) is 1.73. The Labute approximate surface area is 122 Å². The van der Waals surface area contributed by atoms with Gasteiger partial charge >= 0.3 is 0 Å². The van der Waals surface area contributed by atoms with Crippen LogP contribution in [0.4, 0.5) is 0 Å². The van der Waals surface area contributed by atoms with Crippen LogP contribution in [0.5, 0.6) is 5.75 Å². The second kappa shape index (κ2) is 6.59. The van der Waals surface area contributed by atoms with Crippen LogP contribution in [-0.4, -0.2) is 32.4 Å². The molecule has 3 nitrogen and oxygen atoms in total. The van der Waals surface area contributed by atoms with E-state index < -0.39 is 0 Å². The summed E-state index contributed by atoms with van der Waals surface area (Å²) in [5.41, 5.74) is 1.50. The van der Waals surface area contributed by atoms with Gasteiger partial charge in [-0.3, -0.25) is 0 Å². The SMILES string of the molecule is CCOC1CC(NCCc2ccccc2OC)C1(C)C. The van der Waals surface area contributed by atoms with Crippen LogP contribution in [0.25, 0.3) is 0 Å². The molecule has 0 heterocycles. The predicted octanol–water partition coefficient (Wildman–Crippen LogP) is 3.03. The van der Waals surface area contributed by atoms with Gasteiger partial charge in [-0.2, -0.15) is 0 Å². The lowest BCUT2D eigenvalue weighted by Crippen LogP contribution is -2.61. The van der Waals surface area contributed by atoms with Gasteiger partial charge in [-0.05, 0) is 37.9 Å². The van der Waals surface area contributed by atoms with Crippen molar-refractivity contribution in [2.75, 3.05) is 20.3 Å². The van der Waals surface area contributed by atoms with E-state index in [1.807, 2.05) is 12.1 Å². The van der Waals surface area contributed by atoms with Crippen molar-refractivity contribution in [1.29, 1.82) is 0 Å². The van der Waals surface area contributed by atoms with Crippen molar-refractivity contribution >= 4 is 0 Å². The predicted molar refractivity (Wildman–Crippen MR) is 82.3 cm³/mol. The number of methoxy groups -OCH3 is 1. The molecule has 1 N–H and O–H groups in total. The van der Waals surface area contributed by atoms with Crippen LogP contribution in [-0.2, 0) is 11.2 Å². The van der Waals surface area contributed by atoms with E-state index in [2.05, 4.69) is 38.2 Å². The summed E-state index contributed by atoms with van der Waals surface area (Å²) in [5, 5.41) is 3.66. The number of nitrogens with one attached hydrogen (secondary N) is 1. The van der Waals surface area contributed by atoms with Crippen LogP contribution in [0.3, 0.4) is 0 Å². The van der Waals surface area contributed by atoms with Gasteiger partial charge in [-0.15, -0.1) is 0 Å². The lowest BCUT2D eigenvalue weighted by atomic mass is 9.64. The highest BCUT2D eigenvalue weighted by atomic mass is 16.5. The first kappa shape index (κ1) is 15.3. The summed E-state index contributed by atoms with van der Waals surface area (Å²) < 4.78 is 11.1. The van der Waals surface area contributed by atoms with Crippen molar-refractivity contribution in [3.63, 3.8) is 0 Å². The lowest BCUT2D eigenvalue weighted by molar-refractivity contribution is -0.113. The number of para-hydroxylation sites is 1. The normalized spacial score (nSPS) is 24.2. The van der Waals surface area contributed by atoms with Gasteiger partial charge in [0.25, 0.3) is 0 Å². The molecule has 0 amide bonds. The van der Waals surface area contributed by atoms with E-state index in [9.17, 15) is 0 Å². The van der Waals surface area contributed by atoms with E-state index in [1.165, 1.54) is 5.56 Å². The molecule has 0 saturated heterocycles. The molecule has 1 aromatic carbocycles. The highest BCUT2D eigenvalue weighted by Gasteiger charge is 2.48. The largest absolute Gasteiger partial charge is 0.496 e. The highest BCUT2D eigenvalue weighted by Crippen LogP contribution is 2.42. The molecule has 0 bridgehead atoms. The number of benzene rings is 1. The number of hydrogen-bond donors (Lipinski definition) is 1. The molecule has 0 aliphatic heterocycles. The van der Waals surface area contributed by atoms with Gasteiger partial charge in [0.2, 0.25) is 0 Å². The molecular weight excluding hydrogens is 250 g/mol. The van der Waals surface area contributed by atoms with Gasteiger partial charge in [0.05, 0.1) is 13.2 Å². The Morgan fingerprint density at radius 1 is 1.30 bits per heavy atom. The van der Waals surface area contributed by atoms with E-state index in [4.69, 9.17) is 9.47 Å². The zero-order valence-electron chi connectivity index (χ0n) is 13.1. The van der Waals surface area contributed by atoms with Gasteiger partial charge < -0.3 is 14.8 Å². The van der Waals surface area contributed by atoms with Gasteiger partial charge in [-0.1, -0.05) is 32.0 Å². The minimum atomic E-state index is 0.233. The number of ether oxygens (including phenoxy) is 2. The third-order valence-electron chi connectivity index (χ3n) is 4.52. The van der Waals surface area contributed by atoms with Crippen LogP contribution >= 0.6 is 0 Å². The highest BCUT2D eigenvalue weighted by molar-refractivity contribution is 5.33. The number of rotatable bonds is 7. The van der Waals surface area contributed by atoms with Crippen LogP contribution in [0.15, 0.2) is 24.3 Å². The zero-order chi connectivity index (χ0) is 14.6. The standard InChI is InChI=1S/C17H27NO2/c1-5-20-16-12-15(17(16,2)3)18-11-10-13-8-6-7-9-14(13)19-4/h6-9,15-16,18H,5,10-12H2,1-4H3. The smallest absolute Gasteiger partial charge is 0.122 e. The van der Waals surface area contributed by atoms with Crippen molar-refractivity contribution in [2.24, 2.45) is 5.41 Å². The Morgan fingerprint density at radius 2 is 2.05 bits per heavy atom. The second-order valence-electron chi connectivity index (χ2n) is 6.07. The fourth-order valence-electron chi connectivity index (χ4n) is 3.01. The molecule has 20 heavy (non-hydrogen) atoms. The molecule has 2 rings (SSSR count). The molecular formula is C17H27NO2. The van der Waals surface area contributed by atoms with Crippen molar-refractivity contribution < 1.29 is 9.47 Å². The monoisotopic (exact) mass is 277 g/mol. The average molecular weight is 277 g/mol. The zero-order valence-corrected chi connectivity index (χ0v) is 13.1. The summed E-state index contributed by atoms with van der Waals surface area (Å²) in [6.07, 6.45) is 2.51. The Hall–Kier alpha value is -1.06.